The number of benzene rings is 1. The Bertz CT molecular complexity index is 1060. The number of nitrogens with zero attached hydrogens (tertiary/aromatic N) is 4. The van der Waals surface area contributed by atoms with Crippen molar-refractivity contribution >= 4 is 17.0 Å². The van der Waals surface area contributed by atoms with E-state index in [-0.39, 0.29) is 12.5 Å². The Labute approximate surface area is 228 Å². The molecule has 2 bridgehead atoms. The molecule has 6 nitrogen and oxygen atoms in total. The molecule has 38 heavy (non-hydrogen) atoms. The number of fused-ring (bicyclic) bond motifs is 3. The Hall–Kier alpha value is -1.92. The Morgan fingerprint density at radius 2 is 1.45 bits per heavy atom. The van der Waals surface area contributed by atoms with E-state index < -0.39 is 5.97 Å². The summed E-state index contributed by atoms with van der Waals surface area (Å²) in [6.45, 7) is 1.60. The number of hydrogen-bond acceptors (Lipinski definition) is 4. The summed E-state index contributed by atoms with van der Waals surface area (Å²) in [6, 6.07) is 11.6. The first-order chi connectivity index (χ1) is 18.7. The molecule has 4 fully saturated rings. The van der Waals surface area contributed by atoms with Crippen LogP contribution in [-0.4, -0.2) is 61.6 Å². The second kappa shape index (κ2) is 12.1. The summed E-state index contributed by atoms with van der Waals surface area (Å²) in [7, 11) is 0. The van der Waals surface area contributed by atoms with Gasteiger partial charge in [-0.25, -0.2) is 4.98 Å². The van der Waals surface area contributed by atoms with E-state index in [1.165, 1.54) is 101 Å². The quantitative estimate of drug-likeness (QED) is 0.440. The summed E-state index contributed by atoms with van der Waals surface area (Å²) >= 11 is 0. The SMILES string of the molecule is O=C(O)CCN1CCC[C@@H]1c1nc2ccccc2n1[C@H]1C[C@H]2CCC[C@@H](C1)N2C1CCCCCCCCC1. The zero-order chi connectivity index (χ0) is 25.9. The van der Waals surface area contributed by atoms with Crippen molar-refractivity contribution in [2.45, 2.75) is 139 Å². The average Bonchev–Trinajstić information content (AvgIpc) is 3.54. The lowest BCUT2D eigenvalue weighted by molar-refractivity contribution is -0.137. The van der Waals surface area contributed by atoms with Crippen LogP contribution in [0.1, 0.15) is 127 Å². The molecule has 4 atom stereocenters. The van der Waals surface area contributed by atoms with E-state index >= 15 is 0 Å². The van der Waals surface area contributed by atoms with E-state index in [2.05, 4.69) is 38.6 Å². The Balaban J connectivity index is 1.27. The molecule has 0 radical (unpaired) electrons. The van der Waals surface area contributed by atoms with Crippen molar-refractivity contribution in [1.29, 1.82) is 0 Å². The van der Waals surface area contributed by atoms with E-state index in [4.69, 9.17) is 4.98 Å². The van der Waals surface area contributed by atoms with E-state index in [0.29, 0.717) is 24.7 Å². The highest BCUT2D eigenvalue weighted by Crippen LogP contribution is 2.45. The summed E-state index contributed by atoms with van der Waals surface area (Å²) in [4.78, 5) is 22.0. The van der Waals surface area contributed by atoms with Gasteiger partial charge in [-0.15, -0.1) is 0 Å². The molecule has 0 amide bonds. The Morgan fingerprint density at radius 1 is 0.789 bits per heavy atom. The second-order valence-corrected chi connectivity index (χ2v) is 12.7. The monoisotopic (exact) mass is 520 g/mol. The van der Waals surface area contributed by atoms with Gasteiger partial charge in [0.2, 0.25) is 0 Å². The number of aliphatic carboxylic acids is 1. The van der Waals surface area contributed by atoms with Crippen LogP contribution in [0.25, 0.3) is 11.0 Å². The fourth-order valence-electron chi connectivity index (χ4n) is 8.59. The molecule has 208 valence electrons. The maximum atomic E-state index is 11.4. The van der Waals surface area contributed by atoms with Crippen LogP contribution in [0.2, 0.25) is 0 Å². The number of aromatic nitrogens is 2. The minimum Gasteiger partial charge on any atom is -0.481 e. The van der Waals surface area contributed by atoms with E-state index in [1.54, 1.807) is 0 Å². The van der Waals surface area contributed by atoms with Crippen molar-refractivity contribution in [2.24, 2.45) is 0 Å². The highest BCUT2D eigenvalue weighted by Gasteiger charge is 2.43. The highest BCUT2D eigenvalue weighted by atomic mass is 16.4. The molecule has 4 heterocycles. The number of hydrogen-bond donors (Lipinski definition) is 1. The van der Waals surface area contributed by atoms with Gasteiger partial charge in [-0.3, -0.25) is 14.6 Å². The summed E-state index contributed by atoms with van der Waals surface area (Å²) in [5, 5.41) is 9.34. The Morgan fingerprint density at radius 3 is 2.16 bits per heavy atom. The van der Waals surface area contributed by atoms with Gasteiger partial charge in [0.1, 0.15) is 5.82 Å². The standard InChI is InChI=1S/C32H48N4O2/c37-31(38)19-21-34-20-11-18-30(34)32-33-28-16-8-9-17-29(28)36(32)27-22-25-14-10-15-26(23-27)35(25)24-12-6-4-2-1-3-5-7-13-24/h8-9,16-17,24-27,30H,1-7,10-15,18-23H2,(H,37,38)/t25-,26+,27+,30-/m1/s1. The van der Waals surface area contributed by atoms with Crippen molar-refractivity contribution in [3.8, 4) is 0 Å². The third kappa shape index (κ3) is 5.54. The molecule has 1 aromatic heterocycles. The van der Waals surface area contributed by atoms with Crippen LogP contribution in [0.5, 0.6) is 0 Å². The van der Waals surface area contributed by atoms with E-state index in [1.807, 2.05) is 0 Å². The predicted octanol–water partition coefficient (Wildman–Crippen LogP) is 7.10. The van der Waals surface area contributed by atoms with Crippen molar-refractivity contribution in [2.75, 3.05) is 13.1 Å². The first-order valence-corrected chi connectivity index (χ1v) is 15.9. The molecule has 0 spiro atoms. The molecule has 4 aliphatic rings. The molecule has 1 saturated carbocycles. The van der Waals surface area contributed by atoms with Gasteiger partial charge in [0.05, 0.1) is 23.5 Å². The van der Waals surface area contributed by atoms with Crippen LogP contribution in [0, 0.1) is 0 Å². The van der Waals surface area contributed by atoms with Gasteiger partial charge in [-0.05, 0) is 70.0 Å². The average molecular weight is 521 g/mol. The minimum atomic E-state index is -0.704. The molecule has 0 unspecified atom stereocenters. The molecule has 2 aromatic rings. The maximum Gasteiger partial charge on any atom is 0.304 e. The van der Waals surface area contributed by atoms with E-state index in [0.717, 1.165) is 30.9 Å². The molecule has 1 aliphatic carbocycles. The van der Waals surface area contributed by atoms with Gasteiger partial charge >= 0.3 is 5.97 Å². The number of likely N-dealkylation sites (tertiary alicyclic amines) is 1. The summed E-state index contributed by atoms with van der Waals surface area (Å²) < 4.78 is 2.63. The second-order valence-electron chi connectivity index (χ2n) is 12.7. The molecule has 3 aliphatic heterocycles. The smallest absolute Gasteiger partial charge is 0.304 e. The number of piperidine rings is 2. The number of rotatable bonds is 6. The van der Waals surface area contributed by atoms with Gasteiger partial charge in [0, 0.05) is 30.7 Å². The fourth-order valence-corrected chi connectivity index (χ4v) is 8.59. The van der Waals surface area contributed by atoms with Gasteiger partial charge in [0.15, 0.2) is 0 Å². The third-order valence-electron chi connectivity index (χ3n) is 10.3. The number of carboxylic acids is 1. The lowest BCUT2D eigenvalue weighted by Crippen LogP contribution is -2.56. The van der Waals surface area contributed by atoms with Crippen LogP contribution in [0.3, 0.4) is 0 Å². The van der Waals surface area contributed by atoms with Crippen LogP contribution < -0.4 is 0 Å². The lowest BCUT2D eigenvalue weighted by Gasteiger charge is -2.53. The molecular weight excluding hydrogens is 472 g/mol. The zero-order valence-electron chi connectivity index (χ0n) is 23.3. The third-order valence-corrected chi connectivity index (χ3v) is 10.3. The van der Waals surface area contributed by atoms with Gasteiger partial charge < -0.3 is 9.67 Å². The predicted molar refractivity (Wildman–Crippen MR) is 152 cm³/mol. The molecule has 6 heteroatoms. The minimum absolute atomic E-state index is 0.209. The van der Waals surface area contributed by atoms with Crippen molar-refractivity contribution in [3.05, 3.63) is 30.1 Å². The Kier molecular flexibility index (Phi) is 8.36. The number of imidazole rings is 1. The molecular formula is C32H48N4O2. The first-order valence-electron chi connectivity index (χ1n) is 15.9. The van der Waals surface area contributed by atoms with Crippen LogP contribution >= 0.6 is 0 Å². The van der Waals surface area contributed by atoms with Crippen LogP contribution in [0.4, 0.5) is 0 Å². The molecule has 3 saturated heterocycles. The number of para-hydroxylation sites is 2. The van der Waals surface area contributed by atoms with Crippen molar-refractivity contribution in [1.82, 2.24) is 19.4 Å². The topological polar surface area (TPSA) is 61.6 Å². The molecule has 6 rings (SSSR count). The fraction of sp³-hybridized carbons (Fsp3) is 0.750. The van der Waals surface area contributed by atoms with Crippen LogP contribution in [-0.2, 0) is 4.79 Å². The zero-order valence-corrected chi connectivity index (χ0v) is 23.3. The number of carboxylic acid groups (broad SMARTS) is 1. The highest BCUT2D eigenvalue weighted by molar-refractivity contribution is 5.76. The number of carbonyl (C=O) groups is 1. The normalized spacial score (nSPS) is 30.5. The van der Waals surface area contributed by atoms with Crippen molar-refractivity contribution < 1.29 is 9.90 Å². The summed E-state index contributed by atoms with van der Waals surface area (Å²) in [6.07, 6.45) is 21.7. The van der Waals surface area contributed by atoms with Crippen LogP contribution in [0.15, 0.2) is 24.3 Å². The van der Waals surface area contributed by atoms with Gasteiger partial charge in [0.25, 0.3) is 0 Å². The first kappa shape index (κ1) is 26.3. The van der Waals surface area contributed by atoms with E-state index in [9.17, 15) is 9.90 Å². The molecule has 1 N–H and O–H groups in total. The lowest BCUT2D eigenvalue weighted by atomic mass is 9.79. The van der Waals surface area contributed by atoms with Gasteiger partial charge in [-0.2, -0.15) is 0 Å². The molecule has 1 aromatic carbocycles. The largest absolute Gasteiger partial charge is 0.481 e. The van der Waals surface area contributed by atoms with Crippen molar-refractivity contribution in [3.63, 3.8) is 0 Å². The maximum absolute atomic E-state index is 11.4. The summed E-state index contributed by atoms with van der Waals surface area (Å²) in [5.41, 5.74) is 2.38. The van der Waals surface area contributed by atoms with Gasteiger partial charge in [-0.1, -0.05) is 63.5 Å². The summed E-state index contributed by atoms with van der Waals surface area (Å²) in [5.74, 6) is 0.495.